The number of rotatable bonds is 4. The highest BCUT2D eigenvalue weighted by atomic mass is 16.3. The molecule has 82 valence electrons. The summed E-state index contributed by atoms with van der Waals surface area (Å²) in [6, 6.07) is 0.0213. The molecular formula is C10H20N2O2. The molecule has 0 aromatic rings. The molecule has 4 heteroatoms. The monoisotopic (exact) mass is 200 g/mol. The van der Waals surface area contributed by atoms with E-state index in [0.717, 1.165) is 19.5 Å². The molecule has 1 saturated heterocycles. The maximum atomic E-state index is 11.5. The van der Waals surface area contributed by atoms with E-state index in [1.807, 2.05) is 11.9 Å². The molecule has 2 atom stereocenters. The molecule has 1 fully saturated rings. The summed E-state index contributed by atoms with van der Waals surface area (Å²) in [6.07, 6.45) is 1.13. The summed E-state index contributed by atoms with van der Waals surface area (Å²) in [6.45, 7) is 7.27. The summed E-state index contributed by atoms with van der Waals surface area (Å²) in [4.78, 5) is 11.5. The second-order valence-corrected chi connectivity index (χ2v) is 3.91. The Hall–Kier alpha value is -0.610. The van der Waals surface area contributed by atoms with Crippen molar-refractivity contribution in [3.8, 4) is 0 Å². The number of carbonyl (C=O) groups excluding carboxylic acids is 1. The summed E-state index contributed by atoms with van der Waals surface area (Å²) in [5.74, 6) is 0.180. The highest BCUT2D eigenvalue weighted by molar-refractivity contribution is 5.77. The van der Waals surface area contributed by atoms with Gasteiger partial charge in [0.15, 0.2) is 0 Å². The Balaban J connectivity index is 2.63. The van der Waals surface area contributed by atoms with Crippen LogP contribution in [-0.4, -0.2) is 46.3 Å². The molecule has 1 heterocycles. The fourth-order valence-electron chi connectivity index (χ4n) is 1.74. The molecule has 1 rings (SSSR count). The zero-order chi connectivity index (χ0) is 10.7. The van der Waals surface area contributed by atoms with Crippen LogP contribution in [0.2, 0.25) is 0 Å². The van der Waals surface area contributed by atoms with Crippen molar-refractivity contribution < 1.29 is 9.90 Å². The van der Waals surface area contributed by atoms with E-state index in [9.17, 15) is 9.90 Å². The fourth-order valence-corrected chi connectivity index (χ4v) is 1.74. The number of aliphatic hydroxyl groups is 1. The van der Waals surface area contributed by atoms with Crippen LogP contribution >= 0.6 is 0 Å². The Labute approximate surface area is 85.5 Å². The lowest BCUT2D eigenvalue weighted by Gasteiger charge is -2.34. The first-order valence-electron chi connectivity index (χ1n) is 5.33. The van der Waals surface area contributed by atoms with Crippen molar-refractivity contribution >= 4 is 5.91 Å². The van der Waals surface area contributed by atoms with Crippen LogP contribution in [-0.2, 0) is 4.79 Å². The van der Waals surface area contributed by atoms with Crippen molar-refractivity contribution in [1.29, 1.82) is 0 Å². The first-order valence-corrected chi connectivity index (χ1v) is 5.33. The van der Waals surface area contributed by atoms with Crippen molar-refractivity contribution in [1.82, 2.24) is 10.0 Å². The number of amides is 1. The Morgan fingerprint density at radius 3 is 2.64 bits per heavy atom. The molecule has 1 amide bonds. The van der Waals surface area contributed by atoms with Gasteiger partial charge in [-0.1, -0.05) is 6.92 Å². The topological polar surface area (TPSA) is 43.8 Å². The zero-order valence-electron chi connectivity index (χ0n) is 9.23. The molecule has 4 nitrogen and oxygen atoms in total. The average Bonchev–Trinajstić information content (AvgIpc) is 2.48. The first-order chi connectivity index (χ1) is 6.57. The van der Waals surface area contributed by atoms with Crippen molar-refractivity contribution in [3.63, 3.8) is 0 Å². The van der Waals surface area contributed by atoms with Crippen LogP contribution in [0.3, 0.4) is 0 Å². The molecule has 14 heavy (non-hydrogen) atoms. The van der Waals surface area contributed by atoms with Gasteiger partial charge in [-0.25, -0.2) is 5.01 Å². The van der Waals surface area contributed by atoms with Crippen molar-refractivity contribution in [2.24, 2.45) is 0 Å². The van der Waals surface area contributed by atoms with Crippen LogP contribution in [0.1, 0.15) is 33.6 Å². The van der Waals surface area contributed by atoms with Crippen LogP contribution in [0.4, 0.5) is 0 Å². The number of hydrogen-bond donors (Lipinski definition) is 1. The van der Waals surface area contributed by atoms with Gasteiger partial charge in [-0.05, 0) is 20.3 Å². The van der Waals surface area contributed by atoms with E-state index in [4.69, 9.17) is 0 Å². The third kappa shape index (κ3) is 2.25. The standard InChI is InChI=1S/C10H20N2O2/c1-4-6-12-10(14)5-7-11(12)8(2)9(3)13/h8-9,13H,4-7H2,1-3H3. The minimum atomic E-state index is -0.403. The lowest BCUT2D eigenvalue weighted by Crippen LogP contribution is -2.48. The number of nitrogens with zero attached hydrogens (tertiary/aromatic N) is 2. The van der Waals surface area contributed by atoms with Gasteiger partial charge >= 0.3 is 0 Å². The average molecular weight is 200 g/mol. The summed E-state index contributed by atoms with van der Waals surface area (Å²) in [5, 5.41) is 13.2. The van der Waals surface area contributed by atoms with E-state index in [0.29, 0.717) is 6.42 Å². The maximum Gasteiger partial charge on any atom is 0.238 e. The predicted octanol–water partition coefficient (Wildman–Crippen LogP) is 0.615. The highest BCUT2D eigenvalue weighted by Gasteiger charge is 2.32. The van der Waals surface area contributed by atoms with E-state index >= 15 is 0 Å². The summed E-state index contributed by atoms with van der Waals surface area (Å²) < 4.78 is 0. The molecule has 0 saturated carbocycles. The summed E-state index contributed by atoms with van der Waals surface area (Å²) >= 11 is 0. The van der Waals surface area contributed by atoms with E-state index in [2.05, 4.69) is 6.92 Å². The minimum Gasteiger partial charge on any atom is -0.392 e. The van der Waals surface area contributed by atoms with Gasteiger partial charge < -0.3 is 5.11 Å². The van der Waals surface area contributed by atoms with Crippen LogP contribution < -0.4 is 0 Å². The van der Waals surface area contributed by atoms with Crippen LogP contribution in [0.25, 0.3) is 0 Å². The molecule has 2 unspecified atom stereocenters. The Kier molecular flexibility index (Phi) is 3.89. The van der Waals surface area contributed by atoms with Gasteiger partial charge in [0.25, 0.3) is 0 Å². The number of carbonyl (C=O) groups is 1. The molecule has 1 aliphatic rings. The minimum absolute atomic E-state index is 0.0213. The predicted molar refractivity (Wildman–Crippen MR) is 54.5 cm³/mol. The van der Waals surface area contributed by atoms with E-state index < -0.39 is 6.10 Å². The van der Waals surface area contributed by atoms with E-state index in [1.165, 1.54) is 0 Å². The van der Waals surface area contributed by atoms with Crippen molar-refractivity contribution in [3.05, 3.63) is 0 Å². The Bertz CT molecular complexity index is 206. The van der Waals surface area contributed by atoms with Crippen molar-refractivity contribution in [2.75, 3.05) is 13.1 Å². The van der Waals surface area contributed by atoms with E-state index in [1.54, 1.807) is 11.9 Å². The smallest absolute Gasteiger partial charge is 0.238 e. The first kappa shape index (κ1) is 11.5. The second kappa shape index (κ2) is 4.75. The lowest BCUT2D eigenvalue weighted by molar-refractivity contribution is -0.143. The quantitative estimate of drug-likeness (QED) is 0.723. The molecule has 0 radical (unpaired) electrons. The zero-order valence-corrected chi connectivity index (χ0v) is 9.23. The summed E-state index contributed by atoms with van der Waals surface area (Å²) in [7, 11) is 0. The van der Waals surface area contributed by atoms with Gasteiger partial charge in [-0.3, -0.25) is 9.80 Å². The van der Waals surface area contributed by atoms with Crippen LogP contribution in [0, 0.1) is 0 Å². The van der Waals surface area contributed by atoms with Gasteiger partial charge in [-0.15, -0.1) is 0 Å². The highest BCUT2D eigenvalue weighted by Crippen LogP contribution is 2.17. The number of hydrogen-bond acceptors (Lipinski definition) is 3. The second-order valence-electron chi connectivity index (χ2n) is 3.91. The van der Waals surface area contributed by atoms with Gasteiger partial charge in [0.1, 0.15) is 0 Å². The molecule has 0 spiro atoms. The number of hydrazine groups is 1. The third-order valence-electron chi connectivity index (χ3n) is 2.76. The van der Waals surface area contributed by atoms with Crippen molar-refractivity contribution in [2.45, 2.75) is 45.8 Å². The van der Waals surface area contributed by atoms with Gasteiger partial charge in [-0.2, -0.15) is 0 Å². The lowest BCUT2D eigenvalue weighted by atomic mass is 10.2. The largest absolute Gasteiger partial charge is 0.392 e. The molecule has 0 aromatic carbocycles. The molecule has 0 aromatic heterocycles. The van der Waals surface area contributed by atoms with E-state index in [-0.39, 0.29) is 11.9 Å². The number of aliphatic hydroxyl groups excluding tert-OH is 1. The normalized spacial score (nSPS) is 22.9. The Morgan fingerprint density at radius 2 is 2.14 bits per heavy atom. The summed E-state index contributed by atoms with van der Waals surface area (Å²) in [5.41, 5.74) is 0. The molecule has 0 bridgehead atoms. The third-order valence-corrected chi connectivity index (χ3v) is 2.76. The molecule has 0 aliphatic carbocycles. The maximum absolute atomic E-state index is 11.5. The molecular weight excluding hydrogens is 180 g/mol. The van der Waals surface area contributed by atoms with Crippen LogP contribution in [0.15, 0.2) is 0 Å². The fraction of sp³-hybridized carbons (Fsp3) is 0.900. The van der Waals surface area contributed by atoms with Gasteiger partial charge in [0.05, 0.1) is 12.1 Å². The van der Waals surface area contributed by atoms with Gasteiger partial charge in [0.2, 0.25) is 5.91 Å². The SMILES string of the molecule is CCCN1C(=O)CCN1C(C)C(C)O. The van der Waals surface area contributed by atoms with Gasteiger partial charge in [0, 0.05) is 19.5 Å². The van der Waals surface area contributed by atoms with Crippen LogP contribution in [0.5, 0.6) is 0 Å². The Morgan fingerprint density at radius 1 is 1.50 bits per heavy atom. The molecule has 1 N–H and O–H groups in total. The molecule has 1 aliphatic heterocycles.